The van der Waals surface area contributed by atoms with Crippen molar-refractivity contribution >= 4 is 29.1 Å². The van der Waals surface area contributed by atoms with Crippen molar-refractivity contribution in [1.82, 2.24) is 0 Å². The smallest absolute Gasteiger partial charge is 0.147 e. The van der Waals surface area contributed by atoms with Crippen molar-refractivity contribution < 1.29 is 8.78 Å². The van der Waals surface area contributed by atoms with Crippen LogP contribution in [0, 0.1) is 23.0 Å². The molecule has 0 heterocycles. The topological polar surface area (TPSA) is 49.9 Å². The largest absolute Gasteiger partial charge is 0.396 e. The van der Waals surface area contributed by atoms with Gasteiger partial charge in [0.25, 0.3) is 0 Å². The molecule has 34 heavy (non-hydrogen) atoms. The fourth-order valence-electron chi connectivity index (χ4n) is 4.34. The fourth-order valence-corrected chi connectivity index (χ4v) is 4.34. The molecule has 0 saturated heterocycles. The molecule has 0 amide bonds. The van der Waals surface area contributed by atoms with E-state index in [0.29, 0.717) is 5.57 Å². The quantitative estimate of drug-likeness (QED) is 0.162. The highest BCUT2D eigenvalue weighted by Gasteiger charge is 2.29. The van der Waals surface area contributed by atoms with Crippen LogP contribution in [-0.4, -0.2) is 6.21 Å². The average molecular weight is 455 g/mol. The summed E-state index contributed by atoms with van der Waals surface area (Å²) in [5.74, 6) is -1.17. The normalized spacial score (nSPS) is 14.6. The molecule has 0 aliphatic heterocycles. The Balaban J connectivity index is 2.02. The minimum atomic E-state index is -0.727. The molecule has 1 aliphatic carbocycles. The number of hydrogen-bond donors (Lipinski definition) is 2. The molecule has 3 aromatic carbocycles. The van der Waals surface area contributed by atoms with E-state index in [1.807, 2.05) is 73.7 Å². The van der Waals surface area contributed by atoms with E-state index in [9.17, 15) is 4.39 Å². The van der Waals surface area contributed by atoms with E-state index >= 15 is 4.39 Å². The number of nitrogen functional groups attached to an aromatic ring is 1. The van der Waals surface area contributed by atoms with Crippen LogP contribution in [0.2, 0.25) is 0 Å². The van der Waals surface area contributed by atoms with E-state index in [1.54, 1.807) is 0 Å². The minimum absolute atomic E-state index is 0.126. The molecule has 2 nitrogen and oxygen atoms in total. The monoisotopic (exact) mass is 454 g/mol. The minimum Gasteiger partial charge on any atom is -0.396 e. The number of benzene rings is 3. The lowest BCUT2D eigenvalue weighted by atomic mass is 9.73. The first-order valence-corrected chi connectivity index (χ1v) is 11.4. The van der Waals surface area contributed by atoms with Gasteiger partial charge in [0, 0.05) is 11.8 Å². The highest BCUT2D eigenvalue weighted by Crippen LogP contribution is 2.46. The van der Waals surface area contributed by atoms with Gasteiger partial charge in [-0.1, -0.05) is 85.3 Å². The SMILES string of the molecule is C=C(C)/C=C/c1ccc(/C(=C(\c2ccccc2)C2CCC2)c2cc(F)c(N)c(C=N)c2F)cc1. The zero-order valence-electron chi connectivity index (χ0n) is 19.2. The molecule has 0 atom stereocenters. The highest BCUT2D eigenvalue weighted by atomic mass is 19.1. The Hall–Kier alpha value is -3.79. The number of nitrogens with two attached hydrogens (primary N) is 1. The van der Waals surface area contributed by atoms with Gasteiger partial charge in [0.05, 0.1) is 11.3 Å². The number of hydrogen-bond acceptors (Lipinski definition) is 2. The fraction of sp³-hybridized carbons (Fsp3) is 0.167. The van der Waals surface area contributed by atoms with Crippen LogP contribution in [0.25, 0.3) is 17.2 Å². The maximum atomic E-state index is 15.7. The molecule has 3 aromatic rings. The predicted octanol–water partition coefficient (Wildman–Crippen LogP) is 7.89. The van der Waals surface area contributed by atoms with Gasteiger partial charge in [-0.05, 0) is 59.6 Å². The standard InChI is InChI=1S/C30H28F2N2/c1-19(2)11-12-20-13-15-23(16-14-20)28(24-17-26(31)30(34)25(18-33)29(24)32)27(22-9-6-10-22)21-7-4-3-5-8-21/h3-5,7-8,11-18,22,33H,1,6,9-10,34H2,2H3/b12-11+,28-27-,33-18?. The summed E-state index contributed by atoms with van der Waals surface area (Å²) in [5, 5.41) is 7.63. The molecular weight excluding hydrogens is 426 g/mol. The molecule has 0 bridgehead atoms. The first-order valence-electron chi connectivity index (χ1n) is 11.4. The molecular formula is C30H28F2N2. The Morgan fingerprint density at radius 2 is 1.71 bits per heavy atom. The van der Waals surface area contributed by atoms with Crippen LogP contribution in [-0.2, 0) is 0 Å². The Morgan fingerprint density at radius 1 is 1.03 bits per heavy atom. The second-order valence-corrected chi connectivity index (χ2v) is 8.78. The zero-order chi connectivity index (χ0) is 24.2. The number of anilines is 1. The highest BCUT2D eigenvalue weighted by molar-refractivity contribution is 6.01. The second kappa shape index (κ2) is 10.0. The maximum Gasteiger partial charge on any atom is 0.147 e. The van der Waals surface area contributed by atoms with E-state index in [1.165, 1.54) is 6.07 Å². The molecule has 1 saturated carbocycles. The van der Waals surface area contributed by atoms with Gasteiger partial charge in [0.2, 0.25) is 0 Å². The van der Waals surface area contributed by atoms with E-state index < -0.39 is 11.6 Å². The number of halogens is 2. The Bertz CT molecular complexity index is 1280. The van der Waals surface area contributed by atoms with Crippen molar-refractivity contribution in [2.45, 2.75) is 26.2 Å². The molecule has 1 fully saturated rings. The van der Waals surface area contributed by atoms with Crippen LogP contribution in [0.3, 0.4) is 0 Å². The third-order valence-electron chi connectivity index (χ3n) is 6.33. The molecule has 1 aliphatic rings. The van der Waals surface area contributed by atoms with Gasteiger partial charge in [0.1, 0.15) is 11.6 Å². The molecule has 4 rings (SSSR count). The third-order valence-corrected chi connectivity index (χ3v) is 6.33. The molecule has 4 heteroatoms. The summed E-state index contributed by atoms with van der Waals surface area (Å²) in [7, 11) is 0. The van der Waals surface area contributed by atoms with Gasteiger partial charge in [-0.3, -0.25) is 0 Å². The van der Waals surface area contributed by atoms with Gasteiger partial charge < -0.3 is 11.1 Å². The van der Waals surface area contributed by atoms with Crippen molar-refractivity contribution in [1.29, 1.82) is 5.41 Å². The second-order valence-electron chi connectivity index (χ2n) is 8.78. The first kappa shape index (κ1) is 23.4. The molecule has 0 aromatic heterocycles. The van der Waals surface area contributed by atoms with Crippen LogP contribution in [0.4, 0.5) is 14.5 Å². The Morgan fingerprint density at radius 3 is 2.26 bits per heavy atom. The number of nitrogens with one attached hydrogen (secondary N) is 1. The van der Waals surface area contributed by atoms with Crippen molar-refractivity contribution in [2.24, 2.45) is 5.92 Å². The maximum absolute atomic E-state index is 15.7. The lowest BCUT2D eigenvalue weighted by Crippen LogP contribution is -2.16. The van der Waals surface area contributed by atoms with Gasteiger partial charge in [-0.2, -0.15) is 0 Å². The van der Waals surface area contributed by atoms with Gasteiger partial charge in [-0.25, -0.2) is 8.78 Å². The molecule has 0 spiro atoms. The van der Waals surface area contributed by atoms with Crippen molar-refractivity contribution in [3.63, 3.8) is 0 Å². The van der Waals surface area contributed by atoms with Gasteiger partial charge >= 0.3 is 0 Å². The summed E-state index contributed by atoms with van der Waals surface area (Å²) in [4.78, 5) is 0. The van der Waals surface area contributed by atoms with Crippen LogP contribution in [0.5, 0.6) is 0 Å². The average Bonchev–Trinajstić information content (AvgIpc) is 2.81. The summed E-state index contributed by atoms with van der Waals surface area (Å²) in [6, 6.07) is 18.9. The van der Waals surface area contributed by atoms with E-state index in [0.717, 1.165) is 53.3 Å². The van der Waals surface area contributed by atoms with Crippen LogP contribution >= 0.6 is 0 Å². The lowest BCUT2D eigenvalue weighted by Gasteiger charge is -2.32. The Kier molecular flexibility index (Phi) is 6.87. The lowest BCUT2D eigenvalue weighted by molar-refractivity contribution is 0.401. The van der Waals surface area contributed by atoms with Crippen LogP contribution in [0.15, 0.2) is 78.9 Å². The molecule has 0 unspecified atom stereocenters. The first-order chi connectivity index (χ1) is 16.4. The molecule has 3 N–H and O–H groups in total. The molecule has 172 valence electrons. The molecule has 0 radical (unpaired) electrons. The third kappa shape index (κ3) is 4.62. The predicted molar refractivity (Wildman–Crippen MR) is 139 cm³/mol. The van der Waals surface area contributed by atoms with Crippen LogP contribution in [0.1, 0.15) is 54.0 Å². The van der Waals surface area contributed by atoms with E-state index in [-0.39, 0.29) is 22.7 Å². The zero-order valence-corrected chi connectivity index (χ0v) is 19.2. The van der Waals surface area contributed by atoms with E-state index in [2.05, 4.69) is 6.58 Å². The van der Waals surface area contributed by atoms with Gasteiger partial charge in [0.15, 0.2) is 0 Å². The van der Waals surface area contributed by atoms with Gasteiger partial charge in [-0.15, -0.1) is 0 Å². The summed E-state index contributed by atoms with van der Waals surface area (Å²) >= 11 is 0. The Labute approximate surface area is 199 Å². The number of allylic oxidation sites excluding steroid dienone is 3. The van der Waals surface area contributed by atoms with Crippen molar-refractivity contribution in [3.8, 4) is 0 Å². The van der Waals surface area contributed by atoms with Crippen molar-refractivity contribution in [2.75, 3.05) is 5.73 Å². The number of rotatable bonds is 7. The van der Waals surface area contributed by atoms with Crippen molar-refractivity contribution in [3.05, 3.63) is 118 Å². The summed E-state index contributed by atoms with van der Waals surface area (Å²) in [5.41, 5.74) is 10.7. The van der Waals surface area contributed by atoms with E-state index in [4.69, 9.17) is 11.1 Å². The summed E-state index contributed by atoms with van der Waals surface area (Å²) < 4.78 is 30.6. The summed E-state index contributed by atoms with van der Waals surface area (Å²) in [6.45, 7) is 5.82. The van der Waals surface area contributed by atoms with Crippen LogP contribution < -0.4 is 5.73 Å². The summed E-state index contributed by atoms with van der Waals surface area (Å²) in [6.07, 6.45) is 7.76.